The molecule has 9 aromatic carbocycles. The van der Waals surface area contributed by atoms with Crippen LogP contribution in [-0.2, 0) is 0 Å². The van der Waals surface area contributed by atoms with Crippen LogP contribution in [0.4, 0.5) is 73.9 Å². The summed E-state index contributed by atoms with van der Waals surface area (Å²) in [4.78, 5) is 0. The first-order valence-corrected chi connectivity index (χ1v) is 19.2. The molecule has 11 rings (SSSR count). The molecule has 0 atom stereocenters. The molecule has 294 valence electrons. The van der Waals surface area contributed by atoms with Crippen LogP contribution in [0, 0.1) is 6.92 Å². The highest BCUT2D eigenvalue weighted by Crippen LogP contribution is 2.61. The fraction of sp³-hybridized carbons (Fsp3) is 0.0213. The van der Waals surface area contributed by atoms with Crippen LogP contribution in [0.1, 0.15) is 5.56 Å². The number of anilines is 13. The summed E-state index contributed by atoms with van der Waals surface area (Å²) < 4.78 is 0. The molecule has 0 amide bonds. The first-order valence-electron chi connectivity index (χ1n) is 19.2. The molecule has 0 unspecified atom stereocenters. The Labute approximate surface area is 342 Å². The third kappa shape index (κ3) is 3.85. The highest BCUT2D eigenvalue weighted by molar-refractivity contribution is 6.34. The maximum Gasteiger partial charge on any atom is 0.0657 e. The van der Waals surface area contributed by atoms with E-state index in [9.17, 15) is 0 Å². The van der Waals surface area contributed by atoms with E-state index in [1.165, 1.54) is 0 Å². The Kier molecular flexibility index (Phi) is 6.40. The van der Waals surface area contributed by atoms with Crippen LogP contribution in [0.25, 0.3) is 110 Å². The van der Waals surface area contributed by atoms with Crippen molar-refractivity contribution in [2.75, 3.05) is 74.5 Å². The zero-order valence-electron chi connectivity index (χ0n) is 32.4. The Morgan fingerprint density at radius 2 is 0.517 bits per heavy atom. The normalized spacial score (nSPS) is 12.3. The minimum absolute atomic E-state index is 0.263. The predicted octanol–water partition coefficient (Wildman–Crippen LogP) is 7.81. The number of rotatable bonds is 2. The number of nitrogen functional groups attached to an aromatic ring is 13. The molecular weight excluding hydrogens is 747 g/mol. The molecule has 0 bridgehead atoms. The van der Waals surface area contributed by atoms with E-state index >= 15 is 0 Å². The van der Waals surface area contributed by atoms with Gasteiger partial charge < -0.3 is 74.5 Å². The molecule has 0 aliphatic heterocycles. The van der Waals surface area contributed by atoms with Gasteiger partial charge in [0.2, 0.25) is 0 Å². The Balaban J connectivity index is 1.09. The SMILES string of the molecule is Cc1c(-c2ccc(-c3c(N)c(N)c4c(N)c5c(c(N)c4c3N)-c3ccc(N)c4c(N)ccc-5c34)cc2)c(N)c2c(N)c3c(c(N)c2c1N)-c1ccc(N)c2c(N)ccc-3c12. The smallest absolute Gasteiger partial charge is 0.0657 e. The molecule has 60 heavy (non-hydrogen) atoms. The average molecular weight is 788 g/mol. The number of fused-ring (bicyclic) bond motifs is 8. The first-order chi connectivity index (χ1) is 28.6. The highest BCUT2D eigenvalue weighted by atomic mass is 14.8. The number of nitrogens with two attached hydrogens (primary N) is 13. The minimum atomic E-state index is 0.263. The van der Waals surface area contributed by atoms with Crippen LogP contribution in [0.3, 0.4) is 0 Å². The van der Waals surface area contributed by atoms with Gasteiger partial charge in [0.1, 0.15) is 0 Å². The fourth-order valence-electron chi connectivity index (χ4n) is 10.4. The molecule has 0 spiro atoms. The Morgan fingerprint density at radius 3 is 0.883 bits per heavy atom. The zero-order valence-corrected chi connectivity index (χ0v) is 32.4. The Bertz CT molecular complexity index is 3320. The Morgan fingerprint density at radius 1 is 0.233 bits per heavy atom. The molecule has 2 aliphatic rings. The van der Waals surface area contributed by atoms with Crippen LogP contribution in [0.15, 0.2) is 72.8 Å². The lowest BCUT2D eigenvalue weighted by molar-refractivity contribution is 1.48. The van der Waals surface area contributed by atoms with Gasteiger partial charge in [-0.3, -0.25) is 0 Å². The zero-order chi connectivity index (χ0) is 42.1. The van der Waals surface area contributed by atoms with Gasteiger partial charge >= 0.3 is 0 Å². The van der Waals surface area contributed by atoms with E-state index in [4.69, 9.17) is 74.5 Å². The topological polar surface area (TPSA) is 338 Å². The van der Waals surface area contributed by atoms with Crippen molar-refractivity contribution >= 4 is 117 Å². The van der Waals surface area contributed by atoms with Crippen LogP contribution < -0.4 is 74.5 Å². The monoisotopic (exact) mass is 787 g/mol. The van der Waals surface area contributed by atoms with Crippen molar-refractivity contribution in [2.24, 2.45) is 0 Å². The van der Waals surface area contributed by atoms with E-state index in [1.807, 2.05) is 79.7 Å². The van der Waals surface area contributed by atoms with Crippen molar-refractivity contribution in [3.63, 3.8) is 0 Å². The summed E-state index contributed by atoms with van der Waals surface area (Å²) in [6.45, 7) is 1.92. The Hall–Kier alpha value is -8.58. The molecule has 13 nitrogen and oxygen atoms in total. The van der Waals surface area contributed by atoms with Gasteiger partial charge in [0.15, 0.2) is 0 Å². The predicted molar refractivity (Wildman–Crippen MR) is 258 cm³/mol. The summed E-state index contributed by atoms with van der Waals surface area (Å²) >= 11 is 0. The van der Waals surface area contributed by atoms with Crippen molar-refractivity contribution in [3.05, 3.63) is 78.4 Å². The van der Waals surface area contributed by atoms with Gasteiger partial charge in [-0.1, -0.05) is 48.5 Å². The van der Waals surface area contributed by atoms with Crippen LogP contribution in [-0.4, -0.2) is 0 Å². The first kappa shape index (κ1) is 34.7. The quantitative estimate of drug-likeness (QED) is 0.0588. The van der Waals surface area contributed by atoms with Gasteiger partial charge in [-0.25, -0.2) is 0 Å². The van der Waals surface area contributed by atoms with Gasteiger partial charge in [-0.15, -0.1) is 0 Å². The van der Waals surface area contributed by atoms with Crippen LogP contribution in [0.2, 0.25) is 0 Å². The summed E-state index contributed by atoms with van der Waals surface area (Å²) in [5.41, 5.74) is 105. The third-order valence-corrected chi connectivity index (χ3v) is 13.1. The van der Waals surface area contributed by atoms with Crippen molar-refractivity contribution in [3.8, 4) is 66.8 Å². The number of hydrogen-bond donors (Lipinski definition) is 13. The lowest BCUT2D eigenvalue weighted by Crippen LogP contribution is -2.08. The fourth-order valence-corrected chi connectivity index (χ4v) is 10.4. The largest absolute Gasteiger partial charge is 0.398 e. The van der Waals surface area contributed by atoms with E-state index in [2.05, 4.69) is 0 Å². The number of hydrogen-bond acceptors (Lipinski definition) is 13. The van der Waals surface area contributed by atoms with Crippen LogP contribution >= 0.6 is 0 Å². The second kappa shape index (κ2) is 11.1. The molecule has 0 aromatic heterocycles. The minimum Gasteiger partial charge on any atom is -0.398 e. The molecular formula is C47H41N13. The number of benzene rings is 9. The van der Waals surface area contributed by atoms with E-state index in [0.29, 0.717) is 101 Å². The van der Waals surface area contributed by atoms with Crippen molar-refractivity contribution in [2.45, 2.75) is 6.92 Å². The summed E-state index contributed by atoms with van der Waals surface area (Å²) in [5, 5.41) is 5.41. The maximum atomic E-state index is 7.14. The summed E-state index contributed by atoms with van der Waals surface area (Å²) in [6, 6.07) is 22.7. The molecule has 0 heterocycles. The van der Waals surface area contributed by atoms with Gasteiger partial charge in [-0.2, -0.15) is 0 Å². The third-order valence-electron chi connectivity index (χ3n) is 13.1. The summed E-state index contributed by atoms with van der Waals surface area (Å²) in [6.07, 6.45) is 0. The van der Waals surface area contributed by atoms with Crippen LogP contribution in [0.5, 0.6) is 0 Å². The second-order valence-electron chi connectivity index (χ2n) is 16.0. The molecule has 9 aromatic rings. The molecule has 0 saturated carbocycles. The lowest BCUT2D eigenvalue weighted by Gasteiger charge is -2.23. The van der Waals surface area contributed by atoms with Gasteiger partial charge in [-0.05, 0) is 70.1 Å². The maximum absolute atomic E-state index is 7.14. The highest BCUT2D eigenvalue weighted by Gasteiger charge is 2.34. The van der Waals surface area contributed by atoms with Gasteiger partial charge in [0.25, 0.3) is 0 Å². The average Bonchev–Trinajstić information content (AvgIpc) is 3.75. The summed E-state index contributed by atoms with van der Waals surface area (Å²) in [5.74, 6) is 0. The molecule has 0 saturated heterocycles. The molecule has 0 radical (unpaired) electrons. The van der Waals surface area contributed by atoms with E-state index in [-0.39, 0.29) is 11.4 Å². The standard InChI is InChI=1S/C47H41N13/c1-14-25(40(53)36-35(39(14)52)42(55)29-17-6-10-21(48)33-22(49)11-7-18(27(17)33)30(29)43(36)56)15-2-4-16(5-3-15)26-41(54)37-38(47(60)46(26)59)45(58)32-20-9-13-24(51)34-23(50)12-8-19(28(20)34)31(32)44(37)57/h2-13H,48-60H2,1H3. The lowest BCUT2D eigenvalue weighted by atomic mass is 9.86. The molecule has 26 N–H and O–H groups in total. The van der Waals surface area contributed by atoms with Crippen molar-refractivity contribution in [1.82, 2.24) is 0 Å². The van der Waals surface area contributed by atoms with E-state index in [1.54, 1.807) is 0 Å². The van der Waals surface area contributed by atoms with Gasteiger partial charge in [0, 0.05) is 111 Å². The van der Waals surface area contributed by atoms with E-state index in [0.717, 1.165) is 77.2 Å². The van der Waals surface area contributed by atoms with Gasteiger partial charge in [0.05, 0.1) is 39.8 Å². The molecule has 2 aliphatic carbocycles. The molecule has 0 fully saturated rings. The summed E-state index contributed by atoms with van der Waals surface area (Å²) in [7, 11) is 0. The second-order valence-corrected chi connectivity index (χ2v) is 16.0. The van der Waals surface area contributed by atoms with Crippen molar-refractivity contribution < 1.29 is 0 Å². The van der Waals surface area contributed by atoms with Crippen molar-refractivity contribution in [1.29, 1.82) is 0 Å². The molecule has 13 heteroatoms. The van der Waals surface area contributed by atoms with E-state index < -0.39 is 0 Å².